The molecule has 1 amide bonds. The van der Waals surface area contributed by atoms with Gasteiger partial charge in [-0.3, -0.25) is 14.9 Å². The van der Waals surface area contributed by atoms with Crippen LogP contribution in [0.4, 0.5) is 11.5 Å². The molecule has 146 valence electrons. The molecule has 0 radical (unpaired) electrons. The van der Waals surface area contributed by atoms with Gasteiger partial charge in [-0.2, -0.15) is 5.10 Å². The van der Waals surface area contributed by atoms with Crippen LogP contribution in [-0.2, 0) is 17.8 Å². The second-order valence-electron chi connectivity index (χ2n) is 6.20. The lowest BCUT2D eigenvalue weighted by Crippen LogP contribution is -2.28. The predicted molar refractivity (Wildman–Crippen MR) is 104 cm³/mol. The topological polar surface area (TPSA) is 128 Å². The zero-order valence-corrected chi connectivity index (χ0v) is 15.5. The zero-order valence-electron chi connectivity index (χ0n) is 15.5. The van der Waals surface area contributed by atoms with E-state index in [4.69, 9.17) is 0 Å². The average Bonchev–Trinajstić information content (AvgIpc) is 3.10. The van der Waals surface area contributed by atoms with Gasteiger partial charge < -0.3 is 10.6 Å². The number of nitro groups is 1. The Hall–Kier alpha value is -3.56. The van der Waals surface area contributed by atoms with Crippen LogP contribution in [-0.4, -0.2) is 43.7 Å². The van der Waals surface area contributed by atoms with Crippen LogP contribution >= 0.6 is 0 Å². The molecule has 28 heavy (non-hydrogen) atoms. The van der Waals surface area contributed by atoms with E-state index in [1.165, 1.54) is 18.5 Å². The van der Waals surface area contributed by atoms with Gasteiger partial charge in [0.15, 0.2) is 5.65 Å². The van der Waals surface area contributed by atoms with Crippen LogP contribution in [0, 0.1) is 10.1 Å². The number of hydrogen-bond acceptors (Lipinski definition) is 7. The minimum absolute atomic E-state index is 0.00417. The highest BCUT2D eigenvalue weighted by Crippen LogP contribution is 2.18. The van der Waals surface area contributed by atoms with Crippen molar-refractivity contribution >= 4 is 28.4 Å². The first-order chi connectivity index (χ1) is 13.6. The van der Waals surface area contributed by atoms with E-state index in [1.807, 2.05) is 0 Å². The second kappa shape index (κ2) is 8.89. The number of nitrogens with one attached hydrogen (secondary N) is 2. The Kier molecular flexibility index (Phi) is 6.10. The maximum Gasteiger partial charge on any atom is 0.269 e. The highest BCUT2D eigenvalue weighted by atomic mass is 16.6. The SMILES string of the molecule is CCCNc1ncnc2c1cnn2CCNC(=O)Cc1ccc([N+](=O)[O-])cc1. The highest BCUT2D eigenvalue weighted by Gasteiger charge is 2.10. The summed E-state index contributed by atoms with van der Waals surface area (Å²) in [5, 5.41) is 21.9. The van der Waals surface area contributed by atoms with Crippen molar-refractivity contribution in [2.75, 3.05) is 18.4 Å². The van der Waals surface area contributed by atoms with Crippen molar-refractivity contribution in [3.63, 3.8) is 0 Å². The van der Waals surface area contributed by atoms with Gasteiger partial charge in [-0.05, 0) is 12.0 Å². The molecule has 10 heteroatoms. The monoisotopic (exact) mass is 383 g/mol. The Bertz CT molecular complexity index is 969. The third-order valence-electron chi connectivity index (χ3n) is 4.13. The van der Waals surface area contributed by atoms with Crippen LogP contribution < -0.4 is 10.6 Å². The van der Waals surface area contributed by atoms with Crippen LogP contribution in [0.25, 0.3) is 11.0 Å². The number of carbonyl (C=O) groups is 1. The number of rotatable bonds is 9. The normalized spacial score (nSPS) is 10.8. The summed E-state index contributed by atoms with van der Waals surface area (Å²) in [7, 11) is 0. The van der Waals surface area contributed by atoms with Crippen molar-refractivity contribution in [2.24, 2.45) is 0 Å². The molecule has 0 aliphatic carbocycles. The summed E-state index contributed by atoms with van der Waals surface area (Å²) in [5.41, 5.74) is 1.43. The molecule has 10 nitrogen and oxygen atoms in total. The van der Waals surface area contributed by atoms with Crippen molar-refractivity contribution in [1.82, 2.24) is 25.1 Å². The van der Waals surface area contributed by atoms with Gasteiger partial charge in [0, 0.05) is 25.2 Å². The van der Waals surface area contributed by atoms with E-state index in [1.54, 1.807) is 23.0 Å². The molecule has 0 saturated heterocycles. The van der Waals surface area contributed by atoms with E-state index in [2.05, 4.69) is 32.6 Å². The number of amides is 1. The second-order valence-corrected chi connectivity index (χ2v) is 6.20. The van der Waals surface area contributed by atoms with E-state index in [9.17, 15) is 14.9 Å². The smallest absolute Gasteiger partial charge is 0.269 e. The lowest BCUT2D eigenvalue weighted by atomic mass is 10.1. The van der Waals surface area contributed by atoms with E-state index in [0.717, 1.165) is 24.2 Å². The van der Waals surface area contributed by atoms with Gasteiger partial charge in [-0.1, -0.05) is 19.1 Å². The number of aromatic nitrogens is 4. The van der Waals surface area contributed by atoms with Gasteiger partial charge in [0.1, 0.15) is 12.1 Å². The van der Waals surface area contributed by atoms with Crippen molar-refractivity contribution in [3.8, 4) is 0 Å². The van der Waals surface area contributed by atoms with E-state index >= 15 is 0 Å². The van der Waals surface area contributed by atoms with Crippen LogP contribution in [0.3, 0.4) is 0 Å². The van der Waals surface area contributed by atoms with Crippen molar-refractivity contribution < 1.29 is 9.72 Å². The third kappa shape index (κ3) is 4.58. The van der Waals surface area contributed by atoms with E-state index in [-0.39, 0.29) is 18.0 Å². The van der Waals surface area contributed by atoms with Crippen LogP contribution in [0.5, 0.6) is 0 Å². The minimum Gasteiger partial charge on any atom is -0.369 e. The Morgan fingerprint density at radius 3 is 2.71 bits per heavy atom. The van der Waals surface area contributed by atoms with Gasteiger partial charge in [0.2, 0.25) is 5.91 Å². The van der Waals surface area contributed by atoms with Gasteiger partial charge >= 0.3 is 0 Å². The van der Waals surface area contributed by atoms with E-state index < -0.39 is 4.92 Å². The predicted octanol–water partition coefficient (Wildman–Crippen LogP) is 1.92. The maximum absolute atomic E-state index is 12.1. The van der Waals surface area contributed by atoms with Gasteiger partial charge in [-0.15, -0.1) is 0 Å². The van der Waals surface area contributed by atoms with Crippen molar-refractivity contribution in [3.05, 3.63) is 52.5 Å². The first-order valence-electron chi connectivity index (χ1n) is 8.99. The van der Waals surface area contributed by atoms with Crippen molar-refractivity contribution in [1.29, 1.82) is 0 Å². The molecule has 1 aromatic carbocycles. The Balaban J connectivity index is 1.54. The molecular weight excluding hydrogens is 362 g/mol. The molecule has 0 fully saturated rings. The molecule has 0 aliphatic rings. The van der Waals surface area contributed by atoms with Gasteiger partial charge in [0.05, 0.1) is 29.5 Å². The first-order valence-corrected chi connectivity index (χ1v) is 8.99. The lowest BCUT2D eigenvalue weighted by molar-refractivity contribution is -0.384. The van der Waals surface area contributed by atoms with E-state index in [0.29, 0.717) is 24.3 Å². The van der Waals surface area contributed by atoms with Crippen LogP contribution in [0.2, 0.25) is 0 Å². The fourth-order valence-corrected chi connectivity index (χ4v) is 2.73. The molecule has 0 unspecified atom stereocenters. The summed E-state index contributed by atoms with van der Waals surface area (Å²) >= 11 is 0. The highest BCUT2D eigenvalue weighted by molar-refractivity contribution is 5.86. The van der Waals surface area contributed by atoms with Crippen LogP contribution in [0.15, 0.2) is 36.8 Å². The zero-order chi connectivity index (χ0) is 19.9. The number of nitro benzene ring substituents is 1. The first kappa shape index (κ1) is 19.2. The molecule has 3 rings (SSSR count). The van der Waals surface area contributed by atoms with Gasteiger partial charge in [0.25, 0.3) is 5.69 Å². The summed E-state index contributed by atoms with van der Waals surface area (Å²) < 4.78 is 1.72. The maximum atomic E-state index is 12.1. The molecule has 0 spiro atoms. The summed E-state index contributed by atoms with van der Waals surface area (Å²) in [6.45, 7) is 3.76. The molecule has 2 heterocycles. The Morgan fingerprint density at radius 2 is 2.00 bits per heavy atom. The number of nitrogens with zero attached hydrogens (tertiary/aromatic N) is 5. The summed E-state index contributed by atoms with van der Waals surface area (Å²) in [4.78, 5) is 30.8. The molecule has 0 saturated carbocycles. The Labute approximate surface area is 161 Å². The summed E-state index contributed by atoms with van der Waals surface area (Å²) in [6.07, 6.45) is 4.35. The number of fused-ring (bicyclic) bond motifs is 1. The number of carbonyl (C=O) groups excluding carboxylic acids is 1. The molecular formula is C18H21N7O3. The molecule has 0 aliphatic heterocycles. The number of hydrogen-bond donors (Lipinski definition) is 2. The largest absolute Gasteiger partial charge is 0.369 e. The summed E-state index contributed by atoms with van der Waals surface area (Å²) in [6, 6.07) is 5.95. The third-order valence-corrected chi connectivity index (χ3v) is 4.13. The molecule has 0 atom stereocenters. The molecule has 2 N–H and O–H groups in total. The quantitative estimate of drug-likeness (QED) is 0.427. The number of non-ortho nitro benzene ring substituents is 1. The fraction of sp³-hybridized carbons (Fsp3) is 0.333. The fourth-order valence-electron chi connectivity index (χ4n) is 2.73. The number of anilines is 1. The van der Waals surface area contributed by atoms with Gasteiger partial charge in [-0.25, -0.2) is 14.6 Å². The molecule has 0 bridgehead atoms. The number of benzene rings is 1. The minimum atomic E-state index is -0.467. The van der Waals surface area contributed by atoms with Crippen LogP contribution in [0.1, 0.15) is 18.9 Å². The Morgan fingerprint density at radius 1 is 1.21 bits per heavy atom. The summed E-state index contributed by atoms with van der Waals surface area (Å²) in [5.74, 6) is 0.588. The molecule has 2 aromatic heterocycles. The average molecular weight is 383 g/mol. The van der Waals surface area contributed by atoms with Crippen molar-refractivity contribution in [2.45, 2.75) is 26.3 Å². The standard InChI is InChI=1S/C18H21N7O3/c1-2-7-20-17-15-11-23-24(18(15)22-12-21-17)9-8-19-16(26)10-13-3-5-14(6-4-13)25(27)28/h3-6,11-12H,2,7-10H2,1H3,(H,19,26)(H,20,21,22). The molecule has 3 aromatic rings. The lowest BCUT2D eigenvalue weighted by Gasteiger charge is -2.07.